The van der Waals surface area contributed by atoms with Crippen LogP contribution in [-0.4, -0.2) is 49.7 Å². The van der Waals surface area contributed by atoms with E-state index < -0.39 is 6.09 Å². The quantitative estimate of drug-likeness (QED) is 0.544. The molecule has 0 radical (unpaired) electrons. The van der Waals surface area contributed by atoms with E-state index in [-0.39, 0.29) is 0 Å². The molecule has 0 aromatic heterocycles. The monoisotopic (exact) mass is 240 g/mol. The van der Waals surface area contributed by atoms with E-state index >= 15 is 0 Å². The summed E-state index contributed by atoms with van der Waals surface area (Å²) in [5.41, 5.74) is 0. The molecule has 1 heterocycles. The van der Waals surface area contributed by atoms with E-state index in [2.05, 4.69) is 4.99 Å². The van der Waals surface area contributed by atoms with Crippen LogP contribution in [0.2, 0.25) is 0 Å². The molecule has 2 fully saturated rings. The summed E-state index contributed by atoms with van der Waals surface area (Å²) in [7, 11) is 0. The first kappa shape index (κ1) is 12.4. The van der Waals surface area contributed by atoms with Gasteiger partial charge in [0.25, 0.3) is 0 Å². The van der Waals surface area contributed by atoms with E-state index in [4.69, 9.17) is 9.47 Å². The van der Waals surface area contributed by atoms with E-state index in [0.29, 0.717) is 25.7 Å². The van der Waals surface area contributed by atoms with Gasteiger partial charge in [-0.3, -0.25) is 0 Å². The molecule has 1 aliphatic heterocycles. The minimum atomic E-state index is -0.458. The maximum absolute atomic E-state index is 11.5. The van der Waals surface area contributed by atoms with E-state index in [1.165, 1.54) is 19.3 Å². The highest BCUT2D eigenvalue weighted by atomic mass is 16.5. The molecule has 17 heavy (non-hydrogen) atoms. The molecular weight excluding hydrogens is 220 g/mol. The van der Waals surface area contributed by atoms with Gasteiger partial charge in [-0.1, -0.05) is 6.42 Å². The van der Waals surface area contributed by atoms with Crippen molar-refractivity contribution >= 4 is 11.9 Å². The summed E-state index contributed by atoms with van der Waals surface area (Å²) in [5, 5.41) is 0. The Bertz CT molecular complexity index is 294. The van der Waals surface area contributed by atoms with Crippen LogP contribution in [0.3, 0.4) is 0 Å². The first-order valence-electron chi connectivity index (χ1n) is 6.30. The molecule has 0 aromatic rings. The van der Waals surface area contributed by atoms with E-state index in [9.17, 15) is 4.79 Å². The Morgan fingerprint density at radius 2 is 2.12 bits per heavy atom. The van der Waals surface area contributed by atoms with Crippen LogP contribution < -0.4 is 0 Å². The fourth-order valence-electron chi connectivity index (χ4n) is 1.97. The number of hydrogen-bond donors (Lipinski definition) is 0. The summed E-state index contributed by atoms with van der Waals surface area (Å²) in [6.45, 7) is 5.36. The number of ether oxygens (including phenoxy) is 2. The maximum Gasteiger partial charge on any atom is 0.435 e. The molecular formula is C12H20N2O3. The highest BCUT2D eigenvalue weighted by Gasteiger charge is 2.19. The Labute approximate surface area is 102 Å². The van der Waals surface area contributed by atoms with Gasteiger partial charge in [0, 0.05) is 13.1 Å². The molecule has 2 aliphatic rings. The number of amidine groups is 1. The zero-order chi connectivity index (χ0) is 12.1. The lowest BCUT2D eigenvalue weighted by Gasteiger charge is -2.28. The van der Waals surface area contributed by atoms with Crippen LogP contribution in [0, 0.1) is 5.92 Å². The number of carbonyl (C=O) groups is 1. The van der Waals surface area contributed by atoms with Gasteiger partial charge in [-0.25, -0.2) is 4.79 Å². The molecule has 96 valence electrons. The van der Waals surface area contributed by atoms with Crippen molar-refractivity contribution in [2.45, 2.75) is 26.2 Å². The van der Waals surface area contributed by atoms with Gasteiger partial charge in [0.15, 0.2) is 0 Å². The number of amides is 1. The Balaban J connectivity index is 1.73. The minimum absolute atomic E-state index is 0.458. The summed E-state index contributed by atoms with van der Waals surface area (Å²) in [5.74, 6) is 1.30. The Hall–Kier alpha value is -1.10. The molecule has 0 bridgehead atoms. The zero-order valence-corrected chi connectivity index (χ0v) is 10.4. The van der Waals surface area contributed by atoms with Gasteiger partial charge in [0.2, 0.25) is 0 Å². The molecule has 0 atom stereocenters. The fraction of sp³-hybridized carbons (Fsp3) is 0.833. The lowest BCUT2D eigenvalue weighted by molar-refractivity contribution is 0.0673. The molecule has 1 amide bonds. The van der Waals surface area contributed by atoms with Gasteiger partial charge in [-0.15, -0.1) is 0 Å². The van der Waals surface area contributed by atoms with E-state index in [1.807, 2.05) is 11.8 Å². The summed E-state index contributed by atoms with van der Waals surface area (Å²) in [6, 6.07) is 0. The van der Waals surface area contributed by atoms with Crippen molar-refractivity contribution in [1.29, 1.82) is 0 Å². The molecule has 2 rings (SSSR count). The Kier molecular flexibility index (Phi) is 4.36. The number of carbonyl (C=O) groups excluding carboxylic acids is 1. The zero-order valence-electron chi connectivity index (χ0n) is 10.4. The average Bonchev–Trinajstić information content (AvgIpc) is 2.28. The number of hydrogen-bond acceptors (Lipinski definition) is 3. The topological polar surface area (TPSA) is 51.1 Å². The predicted octanol–water partition coefficient (Wildman–Crippen LogP) is 1.67. The van der Waals surface area contributed by atoms with Gasteiger partial charge in [-0.05, 0) is 25.7 Å². The lowest BCUT2D eigenvalue weighted by Crippen LogP contribution is -2.39. The molecule has 1 saturated carbocycles. The third-order valence-corrected chi connectivity index (χ3v) is 3.39. The first-order valence-corrected chi connectivity index (χ1v) is 6.30. The second-order valence-electron chi connectivity index (χ2n) is 4.63. The van der Waals surface area contributed by atoms with Crippen molar-refractivity contribution in [3.05, 3.63) is 0 Å². The fourth-order valence-corrected chi connectivity index (χ4v) is 1.97. The van der Waals surface area contributed by atoms with Crippen molar-refractivity contribution < 1.29 is 14.3 Å². The molecule has 0 unspecified atom stereocenters. The van der Waals surface area contributed by atoms with E-state index in [0.717, 1.165) is 18.9 Å². The van der Waals surface area contributed by atoms with Crippen molar-refractivity contribution in [3.8, 4) is 0 Å². The first-order chi connectivity index (χ1) is 8.25. The lowest BCUT2D eigenvalue weighted by atomic mass is 9.86. The summed E-state index contributed by atoms with van der Waals surface area (Å²) in [6.07, 6.45) is 3.16. The van der Waals surface area contributed by atoms with Gasteiger partial charge >= 0.3 is 6.09 Å². The number of morpholine rings is 1. The van der Waals surface area contributed by atoms with Crippen molar-refractivity contribution in [1.82, 2.24) is 4.90 Å². The molecule has 1 saturated heterocycles. The number of rotatable bonds is 2. The molecule has 5 heteroatoms. The van der Waals surface area contributed by atoms with Crippen LogP contribution in [0.1, 0.15) is 26.2 Å². The highest BCUT2D eigenvalue weighted by molar-refractivity contribution is 5.90. The number of nitrogens with zero attached hydrogens (tertiary/aromatic N) is 2. The van der Waals surface area contributed by atoms with Crippen LogP contribution in [0.25, 0.3) is 0 Å². The molecule has 5 nitrogen and oxygen atoms in total. The molecule has 0 N–H and O–H groups in total. The van der Waals surface area contributed by atoms with Crippen molar-refractivity contribution in [2.24, 2.45) is 10.9 Å². The van der Waals surface area contributed by atoms with Gasteiger partial charge < -0.3 is 14.4 Å². The second kappa shape index (κ2) is 6.00. The third-order valence-electron chi connectivity index (χ3n) is 3.39. The largest absolute Gasteiger partial charge is 0.448 e. The smallest absolute Gasteiger partial charge is 0.435 e. The van der Waals surface area contributed by atoms with Crippen LogP contribution in [-0.2, 0) is 9.47 Å². The standard InChI is InChI=1S/C12H20N2O3/c1-10(14-5-7-16-8-6-14)13-12(15)17-9-11-3-2-4-11/h11H,2-9H2,1H3/b13-10-. The van der Waals surface area contributed by atoms with Crippen LogP contribution >= 0.6 is 0 Å². The average molecular weight is 240 g/mol. The molecule has 1 aliphatic carbocycles. The summed E-state index contributed by atoms with van der Waals surface area (Å²) >= 11 is 0. The van der Waals surface area contributed by atoms with Crippen LogP contribution in [0.15, 0.2) is 4.99 Å². The summed E-state index contributed by atoms with van der Waals surface area (Å²) < 4.78 is 10.4. The predicted molar refractivity (Wildman–Crippen MR) is 64.2 cm³/mol. The summed E-state index contributed by atoms with van der Waals surface area (Å²) in [4.78, 5) is 17.5. The minimum Gasteiger partial charge on any atom is -0.448 e. The van der Waals surface area contributed by atoms with E-state index in [1.54, 1.807) is 0 Å². The maximum atomic E-state index is 11.5. The van der Waals surface area contributed by atoms with Crippen molar-refractivity contribution in [3.63, 3.8) is 0 Å². The number of aliphatic imine (C=N–C) groups is 1. The SMILES string of the molecule is C/C(=N/C(=O)OCC1CCC1)N1CCOCC1. The van der Waals surface area contributed by atoms with Crippen LogP contribution in [0.4, 0.5) is 4.79 Å². The normalized spacial score (nSPS) is 22.2. The Morgan fingerprint density at radius 1 is 1.41 bits per heavy atom. The van der Waals surface area contributed by atoms with Gasteiger partial charge in [-0.2, -0.15) is 4.99 Å². The molecule has 0 spiro atoms. The van der Waals surface area contributed by atoms with Gasteiger partial charge in [0.1, 0.15) is 5.84 Å². The third kappa shape index (κ3) is 3.70. The second-order valence-corrected chi connectivity index (χ2v) is 4.63. The van der Waals surface area contributed by atoms with Crippen LogP contribution in [0.5, 0.6) is 0 Å². The molecule has 0 aromatic carbocycles. The van der Waals surface area contributed by atoms with Gasteiger partial charge in [0.05, 0.1) is 19.8 Å². The highest BCUT2D eigenvalue weighted by Crippen LogP contribution is 2.26. The van der Waals surface area contributed by atoms with Crippen molar-refractivity contribution in [2.75, 3.05) is 32.9 Å². The Morgan fingerprint density at radius 3 is 2.71 bits per heavy atom.